The Bertz CT molecular complexity index is 1220. The first-order valence-electron chi connectivity index (χ1n) is 10.3. The number of ether oxygens (including phenoxy) is 1. The Labute approximate surface area is 202 Å². The SMILES string of the molecule is CN(C)C(=O)[C@H](Sc1nnc(COc2ccccc2Cl)n1-c1ccccc1)c1ccccc1. The molecule has 1 heterocycles. The third-order valence-electron chi connectivity index (χ3n) is 4.90. The van der Waals surface area contributed by atoms with Crippen molar-refractivity contribution in [3.63, 3.8) is 0 Å². The van der Waals surface area contributed by atoms with Crippen LogP contribution in [0.1, 0.15) is 16.6 Å². The molecular formula is C25H23ClN4O2S. The van der Waals surface area contributed by atoms with Crippen molar-refractivity contribution in [1.29, 1.82) is 0 Å². The molecule has 0 aliphatic rings. The summed E-state index contributed by atoms with van der Waals surface area (Å²) in [6.07, 6.45) is 0. The molecular weight excluding hydrogens is 456 g/mol. The van der Waals surface area contributed by atoms with Crippen LogP contribution in [0.5, 0.6) is 5.75 Å². The van der Waals surface area contributed by atoms with Crippen LogP contribution in [0.3, 0.4) is 0 Å². The summed E-state index contributed by atoms with van der Waals surface area (Å²) in [5.41, 5.74) is 1.78. The Kier molecular flexibility index (Phi) is 7.32. The normalized spacial score (nSPS) is 11.7. The lowest BCUT2D eigenvalue weighted by molar-refractivity contribution is -0.128. The van der Waals surface area contributed by atoms with Crippen LogP contribution in [0, 0.1) is 0 Å². The highest BCUT2D eigenvalue weighted by Crippen LogP contribution is 2.37. The van der Waals surface area contributed by atoms with Crippen LogP contribution in [-0.4, -0.2) is 39.7 Å². The summed E-state index contributed by atoms with van der Waals surface area (Å²) in [5, 5.41) is 9.47. The minimum atomic E-state index is -0.467. The van der Waals surface area contributed by atoms with E-state index in [0.717, 1.165) is 11.3 Å². The Balaban J connectivity index is 1.70. The number of para-hydroxylation sites is 2. The van der Waals surface area contributed by atoms with Crippen molar-refractivity contribution in [1.82, 2.24) is 19.7 Å². The fraction of sp³-hybridized carbons (Fsp3) is 0.160. The Hall–Kier alpha value is -3.29. The molecule has 0 saturated carbocycles. The second-order valence-corrected chi connectivity index (χ2v) is 8.91. The number of benzene rings is 3. The van der Waals surface area contributed by atoms with Crippen LogP contribution >= 0.6 is 23.4 Å². The van der Waals surface area contributed by atoms with Crippen molar-refractivity contribution >= 4 is 29.3 Å². The zero-order chi connectivity index (χ0) is 23.2. The summed E-state index contributed by atoms with van der Waals surface area (Å²) in [6.45, 7) is 0.170. The third-order valence-corrected chi connectivity index (χ3v) is 6.40. The van der Waals surface area contributed by atoms with E-state index in [-0.39, 0.29) is 12.5 Å². The van der Waals surface area contributed by atoms with E-state index in [4.69, 9.17) is 16.3 Å². The van der Waals surface area contributed by atoms with Crippen LogP contribution < -0.4 is 4.74 Å². The molecule has 1 aromatic heterocycles. The first-order chi connectivity index (χ1) is 16.0. The van der Waals surface area contributed by atoms with Crippen molar-refractivity contribution in [2.24, 2.45) is 0 Å². The van der Waals surface area contributed by atoms with E-state index in [9.17, 15) is 4.79 Å². The maximum atomic E-state index is 13.1. The number of amides is 1. The number of aromatic nitrogens is 3. The molecule has 4 rings (SSSR count). The number of hydrogen-bond donors (Lipinski definition) is 0. The molecule has 4 aromatic rings. The fourth-order valence-corrected chi connectivity index (χ4v) is 4.65. The van der Waals surface area contributed by atoms with Crippen LogP contribution in [0.15, 0.2) is 90.1 Å². The van der Waals surface area contributed by atoms with Gasteiger partial charge in [-0.3, -0.25) is 9.36 Å². The molecule has 1 atom stereocenters. The van der Waals surface area contributed by atoms with Gasteiger partial charge in [0.2, 0.25) is 5.91 Å². The van der Waals surface area contributed by atoms with E-state index in [1.807, 2.05) is 83.4 Å². The maximum absolute atomic E-state index is 13.1. The third kappa shape index (κ3) is 5.38. The average molecular weight is 479 g/mol. The molecule has 168 valence electrons. The number of likely N-dealkylation sites (N-methyl/N-ethyl adjacent to an activating group) is 1. The van der Waals surface area contributed by atoms with Crippen LogP contribution in [0.25, 0.3) is 5.69 Å². The van der Waals surface area contributed by atoms with E-state index in [1.54, 1.807) is 25.1 Å². The van der Waals surface area contributed by atoms with Crippen molar-refractivity contribution in [2.45, 2.75) is 17.0 Å². The van der Waals surface area contributed by atoms with E-state index in [1.165, 1.54) is 11.8 Å². The number of halogens is 1. The second-order valence-electron chi connectivity index (χ2n) is 7.43. The van der Waals surface area contributed by atoms with Gasteiger partial charge >= 0.3 is 0 Å². The molecule has 3 aromatic carbocycles. The number of carbonyl (C=O) groups excluding carboxylic acids is 1. The molecule has 0 aliphatic carbocycles. The van der Waals surface area contributed by atoms with Crippen LogP contribution in [0.2, 0.25) is 5.02 Å². The Morgan fingerprint density at radius 1 is 0.970 bits per heavy atom. The molecule has 0 bridgehead atoms. The molecule has 1 amide bonds. The largest absolute Gasteiger partial charge is 0.484 e. The van der Waals surface area contributed by atoms with Crippen molar-refractivity contribution in [2.75, 3.05) is 14.1 Å². The monoisotopic (exact) mass is 478 g/mol. The summed E-state index contributed by atoms with van der Waals surface area (Å²) in [6, 6.07) is 26.8. The molecule has 0 fully saturated rings. The first-order valence-corrected chi connectivity index (χ1v) is 11.6. The minimum Gasteiger partial charge on any atom is -0.484 e. The van der Waals surface area contributed by atoms with Gasteiger partial charge in [0.1, 0.15) is 17.6 Å². The number of hydrogen-bond acceptors (Lipinski definition) is 5. The maximum Gasteiger partial charge on any atom is 0.240 e. The topological polar surface area (TPSA) is 60.3 Å². The van der Waals surface area contributed by atoms with Crippen molar-refractivity contribution in [3.8, 4) is 11.4 Å². The quantitative estimate of drug-likeness (QED) is 0.316. The number of nitrogens with zero attached hydrogens (tertiary/aromatic N) is 4. The van der Waals surface area contributed by atoms with Gasteiger partial charge in [-0.25, -0.2) is 0 Å². The van der Waals surface area contributed by atoms with Crippen LogP contribution in [0.4, 0.5) is 0 Å². The summed E-state index contributed by atoms with van der Waals surface area (Å²) < 4.78 is 7.85. The predicted molar refractivity (Wildman–Crippen MR) is 131 cm³/mol. The predicted octanol–water partition coefficient (Wildman–Crippen LogP) is 5.42. The molecule has 0 saturated heterocycles. The lowest BCUT2D eigenvalue weighted by Crippen LogP contribution is -2.27. The molecule has 0 unspecified atom stereocenters. The first kappa shape index (κ1) is 22.9. The van der Waals surface area contributed by atoms with E-state index < -0.39 is 5.25 Å². The van der Waals surface area contributed by atoms with Gasteiger partial charge in [0.05, 0.1) is 5.02 Å². The van der Waals surface area contributed by atoms with E-state index >= 15 is 0 Å². The summed E-state index contributed by atoms with van der Waals surface area (Å²) in [4.78, 5) is 14.7. The van der Waals surface area contributed by atoms with Crippen molar-refractivity contribution in [3.05, 3.63) is 101 Å². The standard InChI is InChI=1S/C25H23ClN4O2S/c1-29(2)24(31)23(18-11-5-3-6-12-18)33-25-28-27-22(30(25)19-13-7-4-8-14-19)17-32-21-16-10-9-15-20(21)26/h3-16,23H,17H2,1-2H3/t23-/m1/s1. The van der Waals surface area contributed by atoms with Gasteiger partial charge < -0.3 is 9.64 Å². The number of carbonyl (C=O) groups is 1. The summed E-state index contributed by atoms with van der Waals surface area (Å²) in [5.74, 6) is 1.15. The zero-order valence-electron chi connectivity index (χ0n) is 18.3. The van der Waals surface area contributed by atoms with Gasteiger partial charge in [-0.15, -0.1) is 10.2 Å². The van der Waals surface area contributed by atoms with Crippen LogP contribution in [-0.2, 0) is 11.4 Å². The van der Waals surface area contributed by atoms with Crippen molar-refractivity contribution < 1.29 is 9.53 Å². The number of thioether (sulfide) groups is 1. The van der Waals surface area contributed by atoms with Gasteiger partial charge in [0, 0.05) is 19.8 Å². The van der Waals surface area contributed by atoms with Gasteiger partial charge in [0.15, 0.2) is 11.0 Å². The smallest absolute Gasteiger partial charge is 0.240 e. The molecule has 6 nitrogen and oxygen atoms in total. The average Bonchev–Trinajstić information content (AvgIpc) is 3.25. The lowest BCUT2D eigenvalue weighted by atomic mass is 10.1. The number of rotatable bonds is 8. The minimum absolute atomic E-state index is 0.0253. The molecule has 0 radical (unpaired) electrons. The highest BCUT2D eigenvalue weighted by Gasteiger charge is 2.27. The van der Waals surface area contributed by atoms with Gasteiger partial charge in [-0.2, -0.15) is 0 Å². The van der Waals surface area contributed by atoms with Gasteiger partial charge in [0.25, 0.3) is 0 Å². The summed E-state index contributed by atoms with van der Waals surface area (Å²) in [7, 11) is 3.51. The van der Waals surface area contributed by atoms with Gasteiger partial charge in [-0.1, -0.05) is 84.0 Å². The molecule has 8 heteroatoms. The van der Waals surface area contributed by atoms with Gasteiger partial charge in [-0.05, 0) is 29.8 Å². The summed E-state index contributed by atoms with van der Waals surface area (Å²) >= 11 is 7.60. The zero-order valence-corrected chi connectivity index (χ0v) is 19.8. The lowest BCUT2D eigenvalue weighted by Gasteiger charge is -2.20. The molecule has 0 spiro atoms. The fourth-order valence-electron chi connectivity index (χ4n) is 3.24. The highest BCUT2D eigenvalue weighted by atomic mass is 35.5. The highest BCUT2D eigenvalue weighted by molar-refractivity contribution is 8.00. The molecule has 0 N–H and O–H groups in total. The molecule has 0 aliphatic heterocycles. The Morgan fingerprint density at radius 3 is 2.27 bits per heavy atom. The second kappa shape index (κ2) is 10.6. The molecule has 33 heavy (non-hydrogen) atoms. The van der Waals surface area contributed by atoms with E-state index in [2.05, 4.69) is 10.2 Å². The Morgan fingerprint density at radius 2 is 1.61 bits per heavy atom. The van der Waals surface area contributed by atoms with E-state index in [0.29, 0.717) is 21.8 Å².